The molecule has 0 saturated carbocycles. The van der Waals surface area contributed by atoms with Gasteiger partial charge in [0, 0.05) is 5.69 Å². The Bertz CT molecular complexity index is 1010. The van der Waals surface area contributed by atoms with Crippen molar-refractivity contribution in [3.05, 3.63) is 59.4 Å². The topological polar surface area (TPSA) is 92.8 Å². The molecule has 9 heteroatoms. The number of amides is 1. The molecule has 0 fully saturated rings. The Balaban J connectivity index is 2.37. The minimum Gasteiger partial charge on any atom is -0.465 e. The molecule has 0 heterocycles. The zero-order valence-corrected chi connectivity index (χ0v) is 16.7. The number of esters is 1. The van der Waals surface area contributed by atoms with Crippen LogP contribution in [0.1, 0.15) is 22.8 Å². The summed E-state index contributed by atoms with van der Waals surface area (Å²) in [5, 5.41) is 2.60. The predicted molar refractivity (Wildman–Crippen MR) is 104 cm³/mol. The number of nitrogens with one attached hydrogen (secondary N) is 1. The van der Waals surface area contributed by atoms with E-state index in [4.69, 9.17) is 0 Å². The molecule has 0 bridgehead atoms. The predicted octanol–water partition coefficient (Wildman–Crippen LogP) is 2.71. The van der Waals surface area contributed by atoms with Crippen molar-refractivity contribution in [3.8, 4) is 0 Å². The van der Waals surface area contributed by atoms with Gasteiger partial charge in [-0.2, -0.15) is 0 Å². The van der Waals surface area contributed by atoms with Crippen molar-refractivity contribution in [1.29, 1.82) is 0 Å². The maximum Gasteiger partial charge on any atom is 0.337 e. The third-order valence-electron chi connectivity index (χ3n) is 4.09. The van der Waals surface area contributed by atoms with E-state index in [1.54, 1.807) is 19.1 Å². The van der Waals surface area contributed by atoms with Crippen LogP contribution in [-0.2, 0) is 19.6 Å². The van der Waals surface area contributed by atoms with E-state index in [0.29, 0.717) is 11.3 Å². The quantitative estimate of drug-likeness (QED) is 0.742. The number of hydrogen-bond acceptors (Lipinski definition) is 5. The Morgan fingerprint density at radius 2 is 1.82 bits per heavy atom. The van der Waals surface area contributed by atoms with E-state index >= 15 is 0 Å². The number of anilines is 2. The van der Waals surface area contributed by atoms with E-state index in [0.717, 1.165) is 16.6 Å². The molecule has 2 aromatic rings. The second-order valence-corrected chi connectivity index (χ2v) is 8.06. The average Bonchev–Trinajstić information content (AvgIpc) is 2.63. The lowest BCUT2D eigenvalue weighted by molar-refractivity contribution is -0.116. The van der Waals surface area contributed by atoms with Gasteiger partial charge in [-0.15, -0.1) is 0 Å². The SMILES string of the molecule is COC(=O)c1ccc(C)c(NC(=O)C(C)N(c2ccccc2F)S(C)(=O)=O)c1. The van der Waals surface area contributed by atoms with Crippen molar-refractivity contribution in [2.24, 2.45) is 0 Å². The van der Waals surface area contributed by atoms with Gasteiger partial charge in [-0.25, -0.2) is 17.6 Å². The number of methoxy groups -OCH3 is 1. The van der Waals surface area contributed by atoms with Crippen molar-refractivity contribution in [1.82, 2.24) is 0 Å². The first-order chi connectivity index (χ1) is 13.1. The number of carbonyl (C=O) groups excluding carboxylic acids is 2. The Hall–Kier alpha value is -2.94. The zero-order valence-electron chi connectivity index (χ0n) is 15.9. The molecule has 0 spiro atoms. The lowest BCUT2D eigenvalue weighted by atomic mass is 10.1. The van der Waals surface area contributed by atoms with Gasteiger partial charge < -0.3 is 10.1 Å². The van der Waals surface area contributed by atoms with Crippen LogP contribution in [0.15, 0.2) is 42.5 Å². The largest absolute Gasteiger partial charge is 0.465 e. The molecule has 1 atom stereocenters. The number of carbonyl (C=O) groups is 2. The first kappa shape index (κ1) is 21.4. The number of rotatable bonds is 6. The van der Waals surface area contributed by atoms with Gasteiger partial charge in [0.1, 0.15) is 11.9 Å². The number of halogens is 1. The summed E-state index contributed by atoms with van der Waals surface area (Å²) < 4.78 is 44.1. The van der Waals surface area contributed by atoms with Crippen LogP contribution < -0.4 is 9.62 Å². The maximum atomic E-state index is 14.2. The van der Waals surface area contributed by atoms with E-state index in [1.165, 1.54) is 38.3 Å². The first-order valence-corrected chi connectivity index (χ1v) is 10.1. The summed E-state index contributed by atoms with van der Waals surface area (Å²) in [6, 6.07) is 8.65. The average molecular weight is 408 g/mol. The molecule has 0 aliphatic carbocycles. The summed E-state index contributed by atoms with van der Waals surface area (Å²) in [5.41, 5.74) is 0.976. The molecular weight excluding hydrogens is 387 g/mol. The maximum absolute atomic E-state index is 14.2. The van der Waals surface area contributed by atoms with Gasteiger partial charge in [0.15, 0.2) is 0 Å². The second-order valence-electron chi connectivity index (χ2n) is 6.20. The van der Waals surface area contributed by atoms with Crippen LogP contribution in [0.2, 0.25) is 0 Å². The van der Waals surface area contributed by atoms with Crippen molar-refractivity contribution < 1.29 is 27.1 Å². The van der Waals surface area contributed by atoms with E-state index in [1.807, 2.05) is 0 Å². The Morgan fingerprint density at radius 3 is 2.39 bits per heavy atom. The Morgan fingerprint density at radius 1 is 1.18 bits per heavy atom. The minimum absolute atomic E-state index is 0.227. The van der Waals surface area contributed by atoms with Crippen LogP contribution in [0, 0.1) is 12.7 Å². The number of sulfonamides is 1. The molecule has 0 aliphatic rings. The third-order valence-corrected chi connectivity index (χ3v) is 5.32. The number of aryl methyl sites for hydroxylation is 1. The van der Waals surface area contributed by atoms with E-state index < -0.39 is 33.8 Å². The number of nitrogens with zero attached hydrogens (tertiary/aromatic N) is 1. The fourth-order valence-corrected chi connectivity index (χ4v) is 3.83. The molecule has 7 nitrogen and oxygen atoms in total. The Labute approximate surface area is 163 Å². The summed E-state index contributed by atoms with van der Waals surface area (Å²) in [4.78, 5) is 24.4. The lowest BCUT2D eigenvalue weighted by Crippen LogP contribution is -2.45. The minimum atomic E-state index is -3.95. The van der Waals surface area contributed by atoms with Gasteiger partial charge in [-0.1, -0.05) is 18.2 Å². The molecule has 0 aromatic heterocycles. The van der Waals surface area contributed by atoms with Crippen LogP contribution >= 0.6 is 0 Å². The molecule has 28 heavy (non-hydrogen) atoms. The van der Waals surface area contributed by atoms with E-state index in [-0.39, 0.29) is 11.3 Å². The van der Waals surface area contributed by atoms with Crippen LogP contribution in [0.3, 0.4) is 0 Å². The summed E-state index contributed by atoms with van der Waals surface area (Å²) in [6.07, 6.45) is 0.895. The molecule has 0 radical (unpaired) electrons. The summed E-state index contributed by atoms with van der Waals surface area (Å²) >= 11 is 0. The van der Waals surface area contributed by atoms with Gasteiger partial charge in [-0.05, 0) is 43.7 Å². The first-order valence-electron chi connectivity index (χ1n) is 8.30. The third kappa shape index (κ3) is 4.66. The Kier molecular flexibility index (Phi) is 6.40. The zero-order chi connectivity index (χ0) is 21.1. The lowest BCUT2D eigenvalue weighted by Gasteiger charge is -2.28. The highest BCUT2D eigenvalue weighted by Crippen LogP contribution is 2.25. The molecule has 2 aromatic carbocycles. The van der Waals surface area contributed by atoms with Crippen molar-refractivity contribution in [2.75, 3.05) is 23.0 Å². The molecule has 2 rings (SSSR count). The van der Waals surface area contributed by atoms with Crippen LogP contribution in [0.5, 0.6) is 0 Å². The van der Waals surface area contributed by atoms with E-state index in [2.05, 4.69) is 10.1 Å². The molecule has 1 amide bonds. The van der Waals surface area contributed by atoms with E-state index in [9.17, 15) is 22.4 Å². The van der Waals surface area contributed by atoms with Crippen LogP contribution in [0.4, 0.5) is 15.8 Å². The standard InChI is InChI=1S/C19H21FN2O5S/c1-12-9-10-14(19(24)27-3)11-16(12)21-18(23)13(2)22(28(4,25)26)17-8-6-5-7-15(17)20/h5-11,13H,1-4H3,(H,21,23). The molecule has 1 N–H and O–H groups in total. The highest BCUT2D eigenvalue weighted by Gasteiger charge is 2.31. The van der Waals surface area contributed by atoms with Crippen molar-refractivity contribution in [2.45, 2.75) is 19.9 Å². The molecule has 1 unspecified atom stereocenters. The molecule has 0 aliphatic heterocycles. The second kappa shape index (κ2) is 8.39. The number of benzene rings is 2. The summed E-state index contributed by atoms with van der Waals surface area (Å²) in [5.74, 6) is -2.03. The normalized spacial score (nSPS) is 12.2. The van der Waals surface area contributed by atoms with Crippen molar-refractivity contribution in [3.63, 3.8) is 0 Å². The summed E-state index contributed by atoms with van der Waals surface area (Å²) in [6.45, 7) is 3.06. The van der Waals surface area contributed by atoms with Crippen molar-refractivity contribution >= 4 is 33.3 Å². The van der Waals surface area contributed by atoms with Crippen LogP contribution in [0.25, 0.3) is 0 Å². The van der Waals surface area contributed by atoms with Gasteiger partial charge in [0.25, 0.3) is 0 Å². The van der Waals surface area contributed by atoms with Gasteiger partial charge in [0.05, 0.1) is 24.6 Å². The summed E-state index contributed by atoms with van der Waals surface area (Å²) in [7, 11) is -2.72. The molecular formula is C19H21FN2O5S. The fourth-order valence-electron chi connectivity index (χ4n) is 2.65. The fraction of sp³-hybridized carbons (Fsp3) is 0.263. The molecule has 150 valence electrons. The van der Waals surface area contributed by atoms with Gasteiger partial charge in [0.2, 0.25) is 15.9 Å². The van der Waals surface area contributed by atoms with Gasteiger partial charge in [-0.3, -0.25) is 9.10 Å². The molecule has 0 saturated heterocycles. The number of ether oxygens (including phenoxy) is 1. The van der Waals surface area contributed by atoms with Gasteiger partial charge >= 0.3 is 5.97 Å². The monoisotopic (exact) mass is 408 g/mol. The van der Waals surface area contributed by atoms with Crippen LogP contribution in [-0.4, -0.2) is 39.7 Å². The highest BCUT2D eigenvalue weighted by atomic mass is 32.2. The number of hydrogen-bond donors (Lipinski definition) is 1. The highest BCUT2D eigenvalue weighted by molar-refractivity contribution is 7.92. The smallest absolute Gasteiger partial charge is 0.337 e. The number of para-hydroxylation sites is 1.